The predicted molar refractivity (Wildman–Crippen MR) is 60.7 cm³/mol. The molecule has 7 N–H and O–H groups in total. The molecule has 0 aliphatic rings. The molecule has 1 atom stereocenters. The molecule has 1 unspecified atom stereocenters. The number of nitrogens with zero attached hydrogens (tertiary/aromatic N) is 3. The van der Waals surface area contributed by atoms with Gasteiger partial charge in [-0.25, -0.2) is 15.4 Å². The fourth-order valence-electron chi connectivity index (χ4n) is 1.17. The second-order valence-corrected chi connectivity index (χ2v) is 3.12. The molecule has 0 radical (unpaired) electrons. The topological polar surface area (TPSA) is 119 Å². The minimum Gasteiger partial charge on any atom is -0.393 e. The van der Waals surface area contributed by atoms with Gasteiger partial charge in [-0.3, -0.25) is 5.01 Å². The number of aromatic nitrogens is 2. The maximum atomic E-state index is 5.78. The number of rotatable bonds is 4. The van der Waals surface area contributed by atoms with Crippen LogP contribution in [0.2, 0.25) is 0 Å². The van der Waals surface area contributed by atoms with Crippen LogP contribution in [-0.4, -0.2) is 22.7 Å². The molecule has 84 valence electrons. The normalized spacial score (nSPS) is 12.5. The zero-order chi connectivity index (χ0) is 11.4. The lowest BCUT2D eigenvalue weighted by molar-refractivity contribution is 0.556. The molecule has 0 spiro atoms. The van der Waals surface area contributed by atoms with Crippen molar-refractivity contribution in [3.63, 3.8) is 0 Å². The predicted octanol–water partition coefficient (Wildman–Crippen LogP) is -0.723. The summed E-state index contributed by atoms with van der Waals surface area (Å²) in [5, 5.41) is 1.66. The molecular weight excluding hydrogens is 194 g/mol. The molecule has 1 aromatic heterocycles. The standard InChI is InChI=1S/C8H17N7/c1-3-14-15(5(2)9)8-6(10)7(11)12-4-13-8/h4-5,14H,3,9-10H2,1-2H3,(H2,11,12,13). The van der Waals surface area contributed by atoms with Crippen molar-refractivity contribution < 1.29 is 0 Å². The Bertz CT molecular complexity index is 325. The molecule has 1 heterocycles. The van der Waals surface area contributed by atoms with Crippen LogP contribution < -0.4 is 27.6 Å². The Morgan fingerprint density at radius 1 is 1.47 bits per heavy atom. The quantitative estimate of drug-likeness (QED) is 0.383. The smallest absolute Gasteiger partial charge is 0.173 e. The number of nitrogens with two attached hydrogens (primary N) is 3. The maximum absolute atomic E-state index is 5.78. The van der Waals surface area contributed by atoms with E-state index in [4.69, 9.17) is 17.2 Å². The highest BCUT2D eigenvalue weighted by Gasteiger charge is 2.16. The number of hydrazine groups is 1. The van der Waals surface area contributed by atoms with Crippen molar-refractivity contribution in [2.75, 3.05) is 23.0 Å². The molecule has 0 bridgehead atoms. The highest BCUT2D eigenvalue weighted by molar-refractivity contribution is 5.72. The van der Waals surface area contributed by atoms with Gasteiger partial charge in [0.1, 0.15) is 12.0 Å². The average molecular weight is 211 g/mol. The van der Waals surface area contributed by atoms with E-state index in [0.29, 0.717) is 18.1 Å². The fourth-order valence-corrected chi connectivity index (χ4v) is 1.17. The van der Waals surface area contributed by atoms with Crippen LogP contribution in [0.15, 0.2) is 6.33 Å². The van der Waals surface area contributed by atoms with Gasteiger partial charge in [-0.1, -0.05) is 6.92 Å². The number of nitrogen functional groups attached to an aromatic ring is 2. The molecule has 7 nitrogen and oxygen atoms in total. The van der Waals surface area contributed by atoms with Crippen molar-refractivity contribution >= 4 is 17.3 Å². The lowest BCUT2D eigenvalue weighted by Crippen LogP contribution is -2.49. The molecule has 15 heavy (non-hydrogen) atoms. The molecule has 0 amide bonds. The first-order valence-electron chi connectivity index (χ1n) is 4.72. The van der Waals surface area contributed by atoms with Crippen LogP contribution in [0.25, 0.3) is 0 Å². The van der Waals surface area contributed by atoms with Crippen LogP contribution in [0, 0.1) is 0 Å². The van der Waals surface area contributed by atoms with Gasteiger partial charge in [0, 0.05) is 6.54 Å². The van der Waals surface area contributed by atoms with Crippen molar-refractivity contribution in [2.45, 2.75) is 20.0 Å². The van der Waals surface area contributed by atoms with E-state index < -0.39 is 0 Å². The SMILES string of the molecule is CCNN(c1ncnc(N)c1N)C(C)N. The largest absolute Gasteiger partial charge is 0.393 e. The van der Waals surface area contributed by atoms with Gasteiger partial charge in [0.2, 0.25) is 0 Å². The van der Waals surface area contributed by atoms with Crippen molar-refractivity contribution in [1.82, 2.24) is 15.4 Å². The van der Waals surface area contributed by atoms with Gasteiger partial charge in [0.15, 0.2) is 11.6 Å². The minimum absolute atomic E-state index is 0.253. The summed E-state index contributed by atoms with van der Waals surface area (Å²) in [5.41, 5.74) is 20.5. The van der Waals surface area contributed by atoms with Gasteiger partial charge in [0.05, 0.1) is 6.17 Å². The lowest BCUT2D eigenvalue weighted by Gasteiger charge is -2.28. The number of nitrogens with one attached hydrogen (secondary N) is 1. The number of hydrogen-bond acceptors (Lipinski definition) is 7. The van der Waals surface area contributed by atoms with Gasteiger partial charge in [-0.05, 0) is 6.92 Å². The first-order chi connectivity index (χ1) is 7.07. The number of hydrogen-bond donors (Lipinski definition) is 4. The van der Waals surface area contributed by atoms with Gasteiger partial charge in [-0.2, -0.15) is 0 Å². The van der Waals surface area contributed by atoms with Crippen molar-refractivity contribution in [3.05, 3.63) is 6.33 Å². The van der Waals surface area contributed by atoms with Crippen molar-refractivity contribution in [2.24, 2.45) is 5.73 Å². The zero-order valence-electron chi connectivity index (χ0n) is 8.94. The fraction of sp³-hybridized carbons (Fsp3) is 0.500. The highest BCUT2D eigenvalue weighted by atomic mass is 15.6. The van der Waals surface area contributed by atoms with Crippen LogP contribution in [0.1, 0.15) is 13.8 Å². The van der Waals surface area contributed by atoms with Crippen LogP contribution in [-0.2, 0) is 0 Å². The first kappa shape index (κ1) is 11.5. The summed E-state index contributed by atoms with van der Waals surface area (Å²) in [5.74, 6) is 0.753. The molecule has 0 aliphatic carbocycles. The maximum Gasteiger partial charge on any atom is 0.173 e. The number of anilines is 3. The monoisotopic (exact) mass is 211 g/mol. The van der Waals surface area contributed by atoms with E-state index in [-0.39, 0.29) is 12.0 Å². The van der Waals surface area contributed by atoms with Gasteiger partial charge < -0.3 is 17.2 Å². The Morgan fingerprint density at radius 3 is 2.67 bits per heavy atom. The summed E-state index contributed by atoms with van der Waals surface area (Å²) >= 11 is 0. The summed E-state index contributed by atoms with van der Waals surface area (Å²) in [7, 11) is 0. The van der Waals surface area contributed by atoms with Crippen molar-refractivity contribution in [3.8, 4) is 0 Å². The molecule has 0 saturated carbocycles. The van der Waals surface area contributed by atoms with Gasteiger partial charge in [-0.15, -0.1) is 0 Å². The van der Waals surface area contributed by atoms with Crippen LogP contribution in [0.4, 0.5) is 17.3 Å². The van der Waals surface area contributed by atoms with E-state index in [2.05, 4.69) is 15.4 Å². The average Bonchev–Trinajstić information content (AvgIpc) is 2.19. The summed E-state index contributed by atoms with van der Waals surface area (Å²) in [6.07, 6.45) is 1.09. The van der Waals surface area contributed by atoms with Crippen molar-refractivity contribution in [1.29, 1.82) is 0 Å². The summed E-state index contributed by atoms with van der Waals surface area (Å²) in [6, 6.07) is 0. The van der Waals surface area contributed by atoms with Gasteiger partial charge in [0.25, 0.3) is 0 Å². The van der Waals surface area contributed by atoms with E-state index in [1.54, 1.807) is 5.01 Å². The van der Waals surface area contributed by atoms with E-state index >= 15 is 0 Å². The van der Waals surface area contributed by atoms with E-state index in [9.17, 15) is 0 Å². The van der Waals surface area contributed by atoms with Gasteiger partial charge >= 0.3 is 0 Å². The molecule has 0 aliphatic heterocycles. The summed E-state index contributed by atoms with van der Waals surface area (Å²) in [4.78, 5) is 7.83. The molecule has 0 aromatic carbocycles. The molecule has 0 saturated heterocycles. The lowest BCUT2D eigenvalue weighted by atomic mass is 10.4. The molecular formula is C8H17N7. The Morgan fingerprint density at radius 2 is 2.13 bits per heavy atom. The molecule has 7 heteroatoms. The Kier molecular flexibility index (Phi) is 3.64. The first-order valence-corrected chi connectivity index (χ1v) is 4.72. The molecule has 1 rings (SSSR count). The Labute approximate surface area is 88.6 Å². The van der Waals surface area contributed by atoms with Crippen LogP contribution in [0.5, 0.6) is 0 Å². The highest BCUT2D eigenvalue weighted by Crippen LogP contribution is 2.22. The van der Waals surface area contributed by atoms with Crippen LogP contribution in [0.3, 0.4) is 0 Å². The zero-order valence-corrected chi connectivity index (χ0v) is 8.94. The summed E-state index contributed by atoms with van der Waals surface area (Å²) in [6.45, 7) is 4.49. The van der Waals surface area contributed by atoms with Crippen LogP contribution >= 0.6 is 0 Å². The Hall–Kier alpha value is -1.60. The molecule has 0 fully saturated rings. The third kappa shape index (κ3) is 2.45. The second-order valence-electron chi connectivity index (χ2n) is 3.12. The van der Waals surface area contributed by atoms with E-state index in [0.717, 1.165) is 0 Å². The summed E-state index contributed by atoms with van der Waals surface area (Å²) < 4.78 is 0. The minimum atomic E-state index is -0.262. The molecule has 1 aromatic rings. The Balaban J connectivity index is 3.05. The van der Waals surface area contributed by atoms with E-state index in [1.165, 1.54) is 6.33 Å². The van der Waals surface area contributed by atoms with E-state index in [1.807, 2.05) is 13.8 Å². The third-order valence-corrected chi connectivity index (χ3v) is 1.86. The second kappa shape index (κ2) is 4.76. The third-order valence-electron chi connectivity index (χ3n) is 1.86.